The van der Waals surface area contributed by atoms with Crippen LogP contribution in [0, 0.1) is 11.6 Å². The lowest BCUT2D eigenvalue weighted by molar-refractivity contribution is 0.0642. The number of rotatable bonds is 6. The average molecular weight is 558 g/mol. The van der Waals surface area contributed by atoms with Crippen LogP contribution in [0.25, 0.3) is 10.9 Å². The van der Waals surface area contributed by atoms with Crippen LogP contribution >= 0.6 is 15.9 Å². The number of hydrogen-bond donors (Lipinski definition) is 1. The van der Waals surface area contributed by atoms with E-state index in [1.165, 1.54) is 26.0 Å². The molecule has 0 radical (unpaired) electrons. The molecule has 0 fully saturated rings. The molecule has 0 spiro atoms. The Labute approximate surface area is 216 Å². The van der Waals surface area contributed by atoms with Crippen molar-refractivity contribution in [1.29, 1.82) is 0 Å². The van der Waals surface area contributed by atoms with E-state index in [1.54, 1.807) is 12.3 Å². The largest absolute Gasteiger partial charge is 0.487 e. The van der Waals surface area contributed by atoms with Crippen LogP contribution in [0.4, 0.5) is 13.2 Å². The molecule has 4 nitrogen and oxygen atoms in total. The fraction of sp³-hybridized carbons (Fsp3) is 0.321. The molecule has 5 rings (SSSR count). The van der Waals surface area contributed by atoms with Gasteiger partial charge in [-0.15, -0.1) is 0 Å². The Morgan fingerprint density at radius 3 is 2.53 bits per heavy atom. The summed E-state index contributed by atoms with van der Waals surface area (Å²) in [6.45, 7) is 5.04. The second kappa shape index (κ2) is 9.56. The first-order chi connectivity index (χ1) is 17.1. The van der Waals surface area contributed by atoms with E-state index in [4.69, 9.17) is 4.74 Å². The first kappa shape index (κ1) is 24.8. The molecule has 4 aromatic rings. The number of fused-ring (bicyclic) bond motifs is 3. The Balaban J connectivity index is 1.56. The van der Waals surface area contributed by atoms with E-state index >= 15 is 8.78 Å². The maximum absolute atomic E-state index is 15.7. The van der Waals surface area contributed by atoms with Gasteiger partial charge in [0.05, 0.1) is 11.7 Å². The molecule has 8 heteroatoms. The molecular formula is C28H27BrF3N3O. The van der Waals surface area contributed by atoms with Gasteiger partial charge < -0.3 is 9.72 Å². The molecule has 0 saturated heterocycles. The van der Waals surface area contributed by atoms with Gasteiger partial charge in [-0.3, -0.25) is 9.88 Å². The third-order valence-electron chi connectivity index (χ3n) is 6.58. The number of benzene rings is 2. The fourth-order valence-corrected chi connectivity index (χ4v) is 5.29. The smallest absolute Gasteiger partial charge is 0.135 e. The highest BCUT2D eigenvalue weighted by molar-refractivity contribution is 9.10. The highest BCUT2D eigenvalue weighted by atomic mass is 79.9. The Bertz CT molecular complexity index is 1370. The number of ether oxygens (including phenoxy) is 1. The number of alkyl halides is 1. The van der Waals surface area contributed by atoms with E-state index in [0.717, 1.165) is 20.9 Å². The Kier molecular flexibility index (Phi) is 6.59. The van der Waals surface area contributed by atoms with Crippen molar-refractivity contribution in [2.75, 3.05) is 6.54 Å². The lowest BCUT2D eigenvalue weighted by Gasteiger charge is -2.43. The van der Waals surface area contributed by atoms with E-state index in [-0.39, 0.29) is 30.5 Å². The molecule has 0 aliphatic carbocycles. The number of halogens is 4. The van der Waals surface area contributed by atoms with Gasteiger partial charge in [0, 0.05) is 57.5 Å². The minimum absolute atomic E-state index is 0.0278. The quantitative estimate of drug-likeness (QED) is 0.271. The minimum Gasteiger partial charge on any atom is -0.487 e. The van der Waals surface area contributed by atoms with Crippen LogP contribution in [0.1, 0.15) is 49.3 Å². The van der Waals surface area contributed by atoms with Crippen molar-refractivity contribution in [3.05, 3.63) is 93.3 Å². The summed E-state index contributed by atoms with van der Waals surface area (Å²) >= 11 is 3.32. The zero-order chi connectivity index (χ0) is 25.6. The highest BCUT2D eigenvalue weighted by Crippen LogP contribution is 2.43. The number of para-hydroxylation sites is 1. The maximum Gasteiger partial charge on any atom is 0.135 e. The molecule has 2 aromatic carbocycles. The monoisotopic (exact) mass is 557 g/mol. The van der Waals surface area contributed by atoms with Crippen LogP contribution in [0.2, 0.25) is 0 Å². The molecule has 36 heavy (non-hydrogen) atoms. The summed E-state index contributed by atoms with van der Waals surface area (Å²) in [6.07, 6.45) is 2.28. The predicted octanol–water partition coefficient (Wildman–Crippen LogP) is 7.27. The van der Waals surface area contributed by atoms with Gasteiger partial charge in [0.25, 0.3) is 0 Å². The van der Waals surface area contributed by atoms with Crippen molar-refractivity contribution >= 4 is 26.8 Å². The van der Waals surface area contributed by atoms with Gasteiger partial charge >= 0.3 is 0 Å². The SMILES string of the molecule is C[C@@H]1Cc2c([nH]c3ccccc23)[C@@H](c2c(F)cc(OCc3ccc(Br)cn3)cc2F)N1CC(C)(C)F. The third kappa shape index (κ3) is 4.89. The van der Waals surface area contributed by atoms with Crippen LogP contribution in [0.5, 0.6) is 5.75 Å². The molecule has 0 amide bonds. The van der Waals surface area contributed by atoms with E-state index in [0.29, 0.717) is 17.8 Å². The average Bonchev–Trinajstić information content (AvgIpc) is 3.17. The maximum atomic E-state index is 15.7. The van der Waals surface area contributed by atoms with Gasteiger partial charge in [0.15, 0.2) is 0 Å². The molecule has 0 unspecified atom stereocenters. The van der Waals surface area contributed by atoms with Gasteiger partial charge in [-0.05, 0) is 66.9 Å². The normalized spacial score (nSPS) is 18.4. The lowest BCUT2D eigenvalue weighted by Crippen LogP contribution is -2.48. The van der Waals surface area contributed by atoms with Crippen LogP contribution in [0.15, 0.2) is 59.2 Å². The molecule has 188 valence electrons. The van der Waals surface area contributed by atoms with Gasteiger partial charge in [-0.2, -0.15) is 0 Å². The number of nitrogens with zero attached hydrogens (tertiary/aromatic N) is 2. The van der Waals surface area contributed by atoms with E-state index < -0.39 is 23.3 Å². The molecule has 1 aliphatic rings. The zero-order valence-corrected chi connectivity index (χ0v) is 21.9. The Hall–Kier alpha value is -2.84. The standard InChI is InChI=1S/C28H27BrF3N3O/c1-16-10-21-20-6-4-5-7-24(20)34-26(21)27(35(16)15-28(2,3)32)25-22(30)11-19(12-23(25)31)36-14-18-9-8-17(29)13-33-18/h4-9,11-13,16,27,34H,10,14-15H2,1-3H3/t16-,27-/m1/s1. The first-order valence-corrected chi connectivity index (χ1v) is 12.7. The summed E-state index contributed by atoms with van der Waals surface area (Å²) in [5.41, 5.74) is 1.56. The van der Waals surface area contributed by atoms with Crippen LogP contribution in [-0.2, 0) is 13.0 Å². The topological polar surface area (TPSA) is 41.1 Å². The number of aromatic amines is 1. The number of aromatic nitrogens is 2. The van der Waals surface area contributed by atoms with E-state index in [1.807, 2.05) is 42.2 Å². The van der Waals surface area contributed by atoms with E-state index in [9.17, 15) is 4.39 Å². The molecule has 1 aliphatic heterocycles. The second-order valence-corrected chi connectivity index (χ2v) is 10.9. The Morgan fingerprint density at radius 1 is 1.14 bits per heavy atom. The molecular weight excluding hydrogens is 531 g/mol. The number of H-pyrrole nitrogens is 1. The van der Waals surface area contributed by atoms with Gasteiger partial charge in [-0.1, -0.05) is 18.2 Å². The lowest BCUT2D eigenvalue weighted by atomic mass is 9.87. The van der Waals surface area contributed by atoms with Crippen molar-refractivity contribution in [2.45, 2.75) is 51.6 Å². The fourth-order valence-electron chi connectivity index (χ4n) is 5.05. The molecule has 2 atom stereocenters. The first-order valence-electron chi connectivity index (χ1n) is 11.9. The summed E-state index contributed by atoms with van der Waals surface area (Å²) < 4.78 is 52.7. The van der Waals surface area contributed by atoms with Crippen LogP contribution < -0.4 is 4.74 Å². The minimum atomic E-state index is -1.55. The molecule has 3 heterocycles. The zero-order valence-electron chi connectivity index (χ0n) is 20.3. The molecule has 0 bridgehead atoms. The van der Waals surface area contributed by atoms with Gasteiger partial charge in [-0.25, -0.2) is 13.2 Å². The summed E-state index contributed by atoms with van der Waals surface area (Å²) in [7, 11) is 0. The van der Waals surface area contributed by atoms with Crippen molar-refractivity contribution < 1.29 is 17.9 Å². The molecule has 0 saturated carbocycles. The molecule has 2 aromatic heterocycles. The van der Waals surface area contributed by atoms with E-state index in [2.05, 4.69) is 25.9 Å². The molecule has 1 N–H and O–H groups in total. The van der Waals surface area contributed by atoms with Crippen molar-refractivity contribution in [1.82, 2.24) is 14.9 Å². The third-order valence-corrected chi connectivity index (χ3v) is 7.05. The van der Waals surface area contributed by atoms with Crippen molar-refractivity contribution in [2.24, 2.45) is 0 Å². The summed E-state index contributed by atoms with van der Waals surface area (Å²) in [5.74, 6) is -1.41. The Morgan fingerprint density at radius 2 is 1.86 bits per heavy atom. The van der Waals surface area contributed by atoms with Crippen molar-refractivity contribution in [3.8, 4) is 5.75 Å². The highest BCUT2D eigenvalue weighted by Gasteiger charge is 2.41. The summed E-state index contributed by atoms with van der Waals surface area (Å²) in [5, 5.41) is 1.02. The summed E-state index contributed by atoms with van der Waals surface area (Å²) in [4.78, 5) is 9.45. The van der Waals surface area contributed by atoms with Crippen LogP contribution in [0.3, 0.4) is 0 Å². The van der Waals surface area contributed by atoms with Crippen molar-refractivity contribution in [3.63, 3.8) is 0 Å². The second-order valence-electron chi connectivity index (χ2n) is 9.97. The number of hydrogen-bond acceptors (Lipinski definition) is 3. The number of nitrogens with one attached hydrogen (secondary N) is 1. The summed E-state index contributed by atoms with van der Waals surface area (Å²) in [6, 6.07) is 12.8. The van der Waals surface area contributed by atoms with Gasteiger partial charge in [0.2, 0.25) is 0 Å². The van der Waals surface area contributed by atoms with Gasteiger partial charge in [0.1, 0.15) is 29.7 Å². The van der Waals surface area contributed by atoms with Crippen LogP contribution in [-0.4, -0.2) is 33.1 Å². The number of pyridine rings is 1. The predicted molar refractivity (Wildman–Crippen MR) is 138 cm³/mol.